The first kappa shape index (κ1) is 22.4. The molecule has 168 valence electrons. The topological polar surface area (TPSA) is 94.1 Å². The summed E-state index contributed by atoms with van der Waals surface area (Å²) in [7, 11) is -3.92. The molecule has 0 bridgehead atoms. The molecule has 33 heavy (non-hydrogen) atoms. The van der Waals surface area contributed by atoms with Gasteiger partial charge >= 0.3 is 7.60 Å². The molecule has 4 rings (SSSR count). The highest BCUT2D eigenvalue weighted by Gasteiger charge is 2.41. The van der Waals surface area contributed by atoms with Crippen LogP contribution >= 0.6 is 7.60 Å². The lowest BCUT2D eigenvalue weighted by molar-refractivity contribution is 0.296. The van der Waals surface area contributed by atoms with E-state index in [9.17, 15) is 9.77 Å². The van der Waals surface area contributed by atoms with E-state index in [1.165, 1.54) is 12.1 Å². The van der Waals surface area contributed by atoms with Crippen molar-refractivity contribution in [3.05, 3.63) is 126 Å². The predicted molar refractivity (Wildman–Crippen MR) is 129 cm³/mol. The van der Waals surface area contributed by atoms with Crippen molar-refractivity contribution in [2.24, 2.45) is 0 Å². The maximum atomic E-state index is 14.4. The molecule has 0 fully saturated rings. The molecule has 0 aliphatic rings. The Morgan fingerprint density at radius 1 is 0.727 bits per heavy atom. The molecule has 4 aromatic carbocycles. The van der Waals surface area contributed by atoms with Crippen LogP contribution in [0.5, 0.6) is 11.5 Å². The number of anilines is 2. The Morgan fingerprint density at radius 3 is 1.64 bits per heavy atom. The van der Waals surface area contributed by atoms with Crippen molar-refractivity contribution in [2.45, 2.75) is 5.78 Å². The van der Waals surface area contributed by atoms with Gasteiger partial charge in [-0.05, 0) is 54.1 Å². The fourth-order valence-corrected chi connectivity index (χ4v) is 5.13. The van der Waals surface area contributed by atoms with Crippen molar-refractivity contribution in [3.63, 3.8) is 0 Å². The standard InChI is InChI=1S/C25H22N2O5P/c28-27(29)22-18-16-21(17-19-22)26-25(20-10-4-1-5-11-20)33(30,31-23-12-6-2-7-13-23)32-24-14-8-3-9-15-24/h1-19,25-26,28H/q-1. The van der Waals surface area contributed by atoms with Crippen LogP contribution in [0, 0.1) is 5.21 Å². The zero-order valence-electron chi connectivity index (χ0n) is 17.5. The maximum absolute atomic E-state index is 14.4. The zero-order chi connectivity index (χ0) is 23.1. The van der Waals surface area contributed by atoms with Crippen molar-refractivity contribution in [3.8, 4) is 11.5 Å². The van der Waals surface area contributed by atoms with Gasteiger partial charge in [0.2, 0.25) is 0 Å². The van der Waals surface area contributed by atoms with Crippen LogP contribution in [0.4, 0.5) is 11.4 Å². The van der Waals surface area contributed by atoms with Gasteiger partial charge < -0.3 is 24.8 Å². The summed E-state index contributed by atoms with van der Waals surface area (Å²) in [5.74, 6) is -0.0864. The van der Waals surface area contributed by atoms with Crippen LogP contribution in [0.2, 0.25) is 0 Å². The van der Waals surface area contributed by atoms with Crippen molar-refractivity contribution >= 4 is 19.0 Å². The first-order valence-corrected chi connectivity index (χ1v) is 11.8. The number of nitrogens with zero attached hydrogens (tertiary/aromatic N) is 1. The molecular formula is C25H22N2O5P-. The van der Waals surface area contributed by atoms with Gasteiger partial charge in [-0.25, -0.2) is 4.57 Å². The zero-order valence-corrected chi connectivity index (χ0v) is 18.4. The lowest BCUT2D eigenvalue weighted by Crippen LogP contribution is -2.18. The summed E-state index contributed by atoms with van der Waals surface area (Å²) in [5, 5.41) is 23.2. The summed E-state index contributed by atoms with van der Waals surface area (Å²) in [6.45, 7) is 0. The first-order valence-electron chi connectivity index (χ1n) is 10.2. The van der Waals surface area contributed by atoms with Gasteiger partial charge in [-0.1, -0.05) is 66.7 Å². The summed E-state index contributed by atoms with van der Waals surface area (Å²) in [5.41, 5.74) is 1.31. The van der Waals surface area contributed by atoms with Gasteiger partial charge in [0.25, 0.3) is 0 Å². The van der Waals surface area contributed by atoms with Gasteiger partial charge in [-0.2, -0.15) is 0 Å². The molecule has 0 aliphatic heterocycles. The van der Waals surface area contributed by atoms with E-state index in [1.807, 2.05) is 42.5 Å². The Bertz CT molecular complexity index is 1140. The normalized spacial score (nSPS) is 11.9. The minimum Gasteiger partial charge on any atom is -0.733 e. The fourth-order valence-electron chi connectivity index (χ4n) is 3.20. The fraction of sp³-hybridized carbons (Fsp3) is 0.0400. The quantitative estimate of drug-likeness (QED) is 0.208. The van der Waals surface area contributed by atoms with Crippen molar-refractivity contribution in [1.82, 2.24) is 0 Å². The van der Waals surface area contributed by atoms with Crippen LogP contribution in [-0.2, 0) is 4.57 Å². The summed E-state index contributed by atoms with van der Waals surface area (Å²) in [6.07, 6.45) is 0. The van der Waals surface area contributed by atoms with Crippen molar-refractivity contribution < 1.29 is 18.8 Å². The lowest BCUT2D eigenvalue weighted by Gasteiger charge is -2.29. The Balaban J connectivity index is 1.75. The van der Waals surface area contributed by atoms with E-state index in [0.717, 1.165) is 0 Å². The Labute approximate surface area is 191 Å². The minimum absolute atomic E-state index is 0.0704. The summed E-state index contributed by atoms with van der Waals surface area (Å²) < 4.78 is 26.5. The second-order valence-electron chi connectivity index (χ2n) is 7.13. The highest BCUT2D eigenvalue weighted by molar-refractivity contribution is 7.55. The van der Waals surface area contributed by atoms with E-state index in [-0.39, 0.29) is 10.9 Å². The van der Waals surface area contributed by atoms with Crippen LogP contribution in [0.3, 0.4) is 0 Å². The van der Waals surface area contributed by atoms with E-state index in [2.05, 4.69) is 5.32 Å². The van der Waals surface area contributed by atoms with Crippen LogP contribution in [0.25, 0.3) is 0 Å². The molecule has 1 atom stereocenters. The number of nitrogens with one attached hydrogen (secondary N) is 1. The third-order valence-electron chi connectivity index (χ3n) is 4.77. The monoisotopic (exact) mass is 461 g/mol. The molecule has 4 aromatic rings. The Morgan fingerprint density at radius 2 is 1.18 bits per heavy atom. The summed E-state index contributed by atoms with van der Waals surface area (Å²) in [4.78, 5) is 0. The van der Waals surface area contributed by atoms with Crippen LogP contribution < -0.4 is 19.6 Å². The molecule has 0 heterocycles. The summed E-state index contributed by atoms with van der Waals surface area (Å²) >= 11 is 0. The number of hydrogen-bond acceptors (Lipinski definition) is 7. The predicted octanol–water partition coefficient (Wildman–Crippen LogP) is 6.84. The van der Waals surface area contributed by atoms with Crippen molar-refractivity contribution in [1.29, 1.82) is 0 Å². The smallest absolute Gasteiger partial charge is 0.457 e. The number of para-hydroxylation sites is 2. The Kier molecular flexibility index (Phi) is 6.95. The largest absolute Gasteiger partial charge is 0.733 e. The van der Waals surface area contributed by atoms with Gasteiger partial charge in [-0.15, -0.1) is 0 Å². The van der Waals surface area contributed by atoms with E-state index >= 15 is 0 Å². The third-order valence-corrected chi connectivity index (χ3v) is 6.77. The molecular weight excluding hydrogens is 439 g/mol. The highest BCUT2D eigenvalue weighted by atomic mass is 31.2. The molecule has 7 nitrogen and oxygen atoms in total. The molecule has 0 aromatic heterocycles. The van der Waals surface area contributed by atoms with Crippen molar-refractivity contribution in [2.75, 3.05) is 10.5 Å². The average molecular weight is 461 g/mol. The molecule has 2 N–H and O–H groups in total. The van der Waals surface area contributed by atoms with E-state index in [4.69, 9.17) is 14.3 Å². The van der Waals surface area contributed by atoms with E-state index < -0.39 is 13.4 Å². The molecule has 0 saturated heterocycles. The van der Waals surface area contributed by atoms with Crippen LogP contribution in [0.15, 0.2) is 115 Å². The Hall–Kier alpha value is -3.77. The third kappa shape index (κ3) is 5.73. The van der Waals surface area contributed by atoms with Gasteiger partial charge in [0.05, 0.1) is 5.69 Å². The molecule has 1 unspecified atom stereocenters. The minimum atomic E-state index is -3.92. The number of hydrogen-bond donors (Lipinski definition) is 2. The van der Waals surface area contributed by atoms with Gasteiger partial charge in [0.15, 0.2) is 5.78 Å². The SMILES string of the molecule is O=P(Oc1ccccc1)(Oc1ccccc1)C(Nc1ccc(N([O-])O)cc1)c1ccccc1. The molecule has 0 amide bonds. The summed E-state index contributed by atoms with van der Waals surface area (Å²) in [6, 6.07) is 32.9. The number of rotatable bonds is 9. The van der Waals surface area contributed by atoms with E-state index in [0.29, 0.717) is 22.7 Å². The lowest BCUT2D eigenvalue weighted by atomic mass is 10.2. The van der Waals surface area contributed by atoms with Gasteiger partial charge in [-0.3, -0.25) is 5.21 Å². The molecule has 0 aliphatic carbocycles. The molecule has 8 heteroatoms. The molecule has 0 radical (unpaired) electrons. The maximum Gasteiger partial charge on any atom is 0.457 e. The van der Waals surface area contributed by atoms with Gasteiger partial charge in [0, 0.05) is 5.69 Å². The number of benzene rings is 4. The van der Waals surface area contributed by atoms with Gasteiger partial charge in [0.1, 0.15) is 11.5 Å². The second kappa shape index (κ2) is 10.2. The first-order chi connectivity index (χ1) is 16.0. The molecule has 0 spiro atoms. The van der Waals surface area contributed by atoms with Crippen LogP contribution in [-0.4, -0.2) is 5.21 Å². The average Bonchev–Trinajstić information content (AvgIpc) is 2.84. The van der Waals surface area contributed by atoms with Crippen LogP contribution in [0.1, 0.15) is 11.3 Å². The second-order valence-corrected chi connectivity index (χ2v) is 9.09. The molecule has 0 saturated carbocycles. The highest BCUT2D eigenvalue weighted by Crippen LogP contribution is 2.60. The van der Waals surface area contributed by atoms with E-state index in [1.54, 1.807) is 60.7 Å².